The van der Waals surface area contributed by atoms with E-state index in [1.54, 1.807) is 0 Å². The molecule has 0 fully saturated rings. The molecule has 92 valence electrons. The molecule has 1 rings (SSSR count). The Morgan fingerprint density at radius 1 is 1.00 bits per heavy atom. The smallest absolute Gasteiger partial charge is 0.185 e. The maximum Gasteiger partial charge on any atom is 0.185 e. The summed E-state index contributed by atoms with van der Waals surface area (Å²) in [5.41, 5.74) is 6.62. The van der Waals surface area contributed by atoms with Crippen molar-refractivity contribution in [3.05, 3.63) is 29.8 Å². The lowest BCUT2D eigenvalue weighted by Crippen LogP contribution is -2.39. The average molecular weight is 270 g/mol. The van der Waals surface area contributed by atoms with E-state index in [-0.39, 0.29) is 0 Å². The predicted octanol–water partition coefficient (Wildman–Crippen LogP) is -0.316. The summed E-state index contributed by atoms with van der Waals surface area (Å²) in [4.78, 5) is 0. The Bertz CT molecular complexity index is 391. The van der Waals surface area contributed by atoms with E-state index in [1.807, 2.05) is 24.3 Å². The molecule has 8 N–H and O–H groups in total. The van der Waals surface area contributed by atoms with Gasteiger partial charge in [-0.15, -0.1) is 0 Å². The fourth-order valence-corrected chi connectivity index (χ4v) is 1.30. The second-order valence-electron chi connectivity index (χ2n) is 3.12. The third-order valence-corrected chi connectivity index (χ3v) is 2.41. The van der Waals surface area contributed by atoms with Crippen molar-refractivity contribution in [2.24, 2.45) is 11.7 Å². The van der Waals surface area contributed by atoms with E-state index in [0.29, 0.717) is 16.8 Å². The van der Waals surface area contributed by atoms with Crippen molar-refractivity contribution >= 4 is 40.3 Å². The van der Waals surface area contributed by atoms with E-state index in [1.165, 1.54) is 0 Å². The Morgan fingerprint density at radius 2 is 1.59 bits per heavy atom. The van der Waals surface area contributed by atoms with E-state index in [4.69, 9.17) is 36.1 Å². The predicted molar refractivity (Wildman–Crippen MR) is 76.7 cm³/mol. The Kier molecular flexibility index (Phi) is 5.57. The zero-order valence-electron chi connectivity index (χ0n) is 8.99. The van der Waals surface area contributed by atoms with Gasteiger partial charge < -0.3 is 21.5 Å². The summed E-state index contributed by atoms with van der Waals surface area (Å²) in [5.74, 6) is 10.3. The third kappa shape index (κ3) is 4.91. The number of nitrogens with two attached hydrogens (primary N) is 2. The number of rotatable bonds is 3. The van der Waals surface area contributed by atoms with Crippen molar-refractivity contribution in [2.45, 2.75) is 6.54 Å². The average Bonchev–Trinajstić information content (AvgIpc) is 2.37. The molecule has 0 atom stereocenters. The largest absolute Gasteiger partial charge is 0.358 e. The van der Waals surface area contributed by atoms with Crippen LogP contribution in [-0.2, 0) is 6.54 Å². The molecular formula is C9H14N6S2. The molecule has 0 aliphatic rings. The van der Waals surface area contributed by atoms with Crippen molar-refractivity contribution in [2.75, 3.05) is 5.32 Å². The number of nitrogens with one attached hydrogen (secondary N) is 4. The highest BCUT2D eigenvalue weighted by atomic mass is 32.1. The Labute approximate surface area is 110 Å². The lowest BCUT2D eigenvalue weighted by atomic mass is 10.2. The zero-order chi connectivity index (χ0) is 12.7. The van der Waals surface area contributed by atoms with Crippen LogP contribution in [0.3, 0.4) is 0 Å². The van der Waals surface area contributed by atoms with Crippen LogP contribution < -0.4 is 33.2 Å². The summed E-state index contributed by atoms with van der Waals surface area (Å²) in [5, 5.41) is 6.62. The molecule has 0 unspecified atom stereocenters. The standard InChI is InChI=1S/C9H14N6S2/c10-14-8(16)12-5-6-1-3-7(4-2-6)13-9(17)15-11/h1-4H,5,10-11H2,(H2,12,14,16)(H2,13,15,17). The van der Waals surface area contributed by atoms with Gasteiger partial charge in [0.2, 0.25) is 0 Å². The minimum atomic E-state index is 0.365. The minimum absolute atomic E-state index is 0.365. The van der Waals surface area contributed by atoms with E-state index in [9.17, 15) is 0 Å². The summed E-state index contributed by atoms with van der Waals surface area (Å²) in [7, 11) is 0. The molecule has 1 aromatic rings. The number of benzene rings is 1. The van der Waals surface area contributed by atoms with Crippen LogP contribution in [0.15, 0.2) is 24.3 Å². The highest BCUT2D eigenvalue weighted by Gasteiger charge is 1.97. The van der Waals surface area contributed by atoms with Gasteiger partial charge >= 0.3 is 0 Å². The maximum atomic E-state index is 5.15. The van der Waals surface area contributed by atoms with Crippen molar-refractivity contribution < 1.29 is 0 Å². The lowest BCUT2D eigenvalue weighted by molar-refractivity contribution is 0.866. The van der Waals surface area contributed by atoms with Gasteiger partial charge in [0, 0.05) is 12.2 Å². The van der Waals surface area contributed by atoms with Crippen LogP contribution in [0, 0.1) is 0 Å². The second kappa shape index (κ2) is 6.97. The normalized spacial score (nSPS) is 9.29. The van der Waals surface area contributed by atoms with Crippen LogP contribution >= 0.6 is 24.4 Å². The first-order chi connectivity index (χ1) is 8.15. The van der Waals surface area contributed by atoms with Crippen molar-refractivity contribution in [3.63, 3.8) is 0 Å². The highest BCUT2D eigenvalue weighted by molar-refractivity contribution is 7.80. The van der Waals surface area contributed by atoms with Gasteiger partial charge in [-0.25, -0.2) is 11.7 Å². The third-order valence-electron chi connectivity index (χ3n) is 1.93. The van der Waals surface area contributed by atoms with Gasteiger partial charge in [0.1, 0.15) is 0 Å². The molecule has 17 heavy (non-hydrogen) atoms. The van der Waals surface area contributed by atoms with E-state index in [0.717, 1.165) is 11.3 Å². The monoisotopic (exact) mass is 270 g/mol. The van der Waals surface area contributed by atoms with E-state index < -0.39 is 0 Å². The quantitative estimate of drug-likeness (QED) is 0.253. The summed E-state index contributed by atoms with van der Waals surface area (Å²) < 4.78 is 0. The molecule has 0 aliphatic heterocycles. The topological polar surface area (TPSA) is 100 Å². The van der Waals surface area contributed by atoms with Crippen LogP contribution in [0.1, 0.15) is 5.56 Å². The fraction of sp³-hybridized carbons (Fsp3) is 0.111. The molecule has 0 saturated heterocycles. The zero-order valence-corrected chi connectivity index (χ0v) is 10.6. The van der Waals surface area contributed by atoms with Crippen LogP contribution in [0.4, 0.5) is 5.69 Å². The van der Waals surface area contributed by atoms with Gasteiger partial charge in [0.05, 0.1) is 0 Å². The van der Waals surface area contributed by atoms with Crippen molar-refractivity contribution in [1.82, 2.24) is 16.2 Å². The first-order valence-corrected chi connectivity index (χ1v) is 5.58. The summed E-state index contributed by atoms with van der Waals surface area (Å²) in [6, 6.07) is 7.65. The highest BCUT2D eigenvalue weighted by Crippen LogP contribution is 2.09. The van der Waals surface area contributed by atoms with Crippen molar-refractivity contribution in [1.29, 1.82) is 0 Å². The van der Waals surface area contributed by atoms with Gasteiger partial charge in [-0.1, -0.05) is 12.1 Å². The van der Waals surface area contributed by atoms with Gasteiger partial charge in [-0.3, -0.25) is 0 Å². The number of anilines is 1. The molecule has 0 spiro atoms. The maximum absolute atomic E-state index is 5.15. The molecule has 8 heteroatoms. The molecule has 1 aromatic carbocycles. The Hall–Kier alpha value is -1.48. The lowest BCUT2D eigenvalue weighted by Gasteiger charge is -2.09. The first kappa shape index (κ1) is 13.6. The summed E-state index contributed by atoms with van der Waals surface area (Å²) in [6.45, 7) is 0.600. The minimum Gasteiger partial charge on any atom is -0.358 e. The number of hydrogen-bond donors (Lipinski definition) is 6. The number of hydrazine groups is 2. The first-order valence-electron chi connectivity index (χ1n) is 4.76. The second-order valence-corrected chi connectivity index (χ2v) is 3.94. The van der Waals surface area contributed by atoms with Gasteiger partial charge in [-0.05, 0) is 42.1 Å². The number of thiocarbonyl (C=S) groups is 2. The summed E-state index contributed by atoms with van der Waals surface area (Å²) in [6.07, 6.45) is 0. The van der Waals surface area contributed by atoms with Gasteiger partial charge in [0.25, 0.3) is 0 Å². The SMILES string of the molecule is NNC(=S)NCc1ccc(NC(=S)NN)cc1. The fourth-order valence-electron chi connectivity index (χ4n) is 1.11. The molecule has 6 nitrogen and oxygen atoms in total. The van der Waals surface area contributed by atoms with Gasteiger partial charge in [0.15, 0.2) is 10.2 Å². The van der Waals surface area contributed by atoms with Crippen LogP contribution in [0.2, 0.25) is 0 Å². The van der Waals surface area contributed by atoms with Crippen LogP contribution in [0.5, 0.6) is 0 Å². The molecule has 0 saturated carbocycles. The molecule has 0 heterocycles. The van der Waals surface area contributed by atoms with Crippen LogP contribution in [0.25, 0.3) is 0 Å². The molecule has 0 aliphatic carbocycles. The number of hydrogen-bond acceptors (Lipinski definition) is 4. The molecule has 0 aromatic heterocycles. The van der Waals surface area contributed by atoms with Gasteiger partial charge in [-0.2, -0.15) is 0 Å². The molecule has 0 amide bonds. The molecule has 0 bridgehead atoms. The Balaban J connectivity index is 2.50. The van der Waals surface area contributed by atoms with Crippen LogP contribution in [-0.4, -0.2) is 10.2 Å². The molecule has 0 radical (unpaired) electrons. The van der Waals surface area contributed by atoms with E-state index >= 15 is 0 Å². The molecular weight excluding hydrogens is 256 g/mol. The Morgan fingerprint density at radius 3 is 2.12 bits per heavy atom. The summed E-state index contributed by atoms with van der Waals surface area (Å²) >= 11 is 9.73. The van der Waals surface area contributed by atoms with E-state index in [2.05, 4.69) is 21.5 Å². The van der Waals surface area contributed by atoms with Crippen molar-refractivity contribution in [3.8, 4) is 0 Å².